The van der Waals surface area contributed by atoms with E-state index in [0.717, 1.165) is 16.9 Å². The fraction of sp³-hybridized carbons (Fsp3) is 0.250. The van der Waals surface area contributed by atoms with Crippen molar-refractivity contribution in [2.45, 2.75) is 0 Å². The van der Waals surface area contributed by atoms with Crippen LogP contribution in [0.3, 0.4) is 0 Å². The molecule has 1 aromatic carbocycles. The van der Waals surface area contributed by atoms with Crippen molar-refractivity contribution >= 4 is 11.9 Å². The highest BCUT2D eigenvalue weighted by molar-refractivity contribution is 5.66. The lowest BCUT2D eigenvalue weighted by atomic mass is 10.1. The normalized spacial score (nSPS) is 15.0. The van der Waals surface area contributed by atoms with Crippen molar-refractivity contribution in [3.63, 3.8) is 0 Å². The van der Waals surface area contributed by atoms with E-state index >= 15 is 0 Å². The van der Waals surface area contributed by atoms with Gasteiger partial charge in [0.15, 0.2) is 0 Å². The van der Waals surface area contributed by atoms with Gasteiger partial charge in [-0.25, -0.2) is 14.2 Å². The van der Waals surface area contributed by atoms with Crippen LogP contribution in [0, 0.1) is 5.82 Å². The first kappa shape index (κ1) is 14.3. The van der Waals surface area contributed by atoms with Crippen LogP contribution in [0.25, 0.3) is 11.1 Å². The summed E-state index contributed by atoms with van der Waals surface area (Å²) in [6.07, 6.45) is 0.880. The average molecular weight is 301 g/mol. The minimum atomic E-state index is -0.876. The summed E-state index contributed by atoms with van der Waals surface area (Å²) in [4.78, 5) is 18.8. The Hall–Kier alpha value is -2.63. The molecule has 0 aliphatic carbocycles. The first-order chi connectivity index (χ1) is 10.6. The van der Waals surface area contributed by atoms with E-state index in [9.17, 15) is 9.18 Å². The number of nitrogens with zero attached hydrogens (tertiary/aromatic N) is 3. The summed E-state index contributed by atoms with van der Waals surface area (Å²) in [5.74, 6) is 0.570. The van der Waals surface area contributed by atoms with Crippen molar-refractivity contribution in [1.29, 1.82) is 0 Å². The molecule has 5 nitrogen and oxygen atoms in total. The van der Waals surface area contributed by atoms with Gasteiger partial charge in [0.05, 0.1) is 0 Å². The number of carbonyl (C=O) groups is 1. The lowest BCUT2D eigenvalue weighted by molar-refractivity contribution is 0.142. The number of rotatable bonds is 2. The Morgan fingerprint density at radius 2 is 1.64 bits per heavy atom. The topological polar surface area (TPSA) is 56.7 Å². The SMILES string of the molecule is O=C(O)N1CCN(c2ccc(-c3ccc(F)cc3)cn2)CC1. The first-order valence-electron chi connectivity index (χ1n) is 7.08. The number of anilines is 1. The molecular formula is C16H16FN3O2. The predicted octanol–water partition coefficient (Wildman–Crippen LogP) is 2.69. The molecule has 1 aromatic heterocycles. The number of halogens is 1. The second-order valence-corrected chi connectivity index (χ2v) is 5.17. The number of benzene rings is 1. The van der Waals surface area contributed by atoms with Crippen molar-refractivity contribution in [1.82, 2.24) is 9.88 Å². The third kappa shape index (κ3) is 3.00. The standard InChI is InChI=1S/C16H16FN3O2/c17-14-4-1-12(2-5-14)13-3-6-15(18-11-13)19-7-9-20(10-8-19)16(21)22/h1-6,11H,7-10H2,(H,21,22). The molecule has 1 saturated heterocycles. The zero-order valence-corrected chi connectivity index (χ0v) is 11.9. The van der Waals surface area contributed by atoms with Gasteiger partial charge < -0.3 is 14.9 Å². The fourth-order valence-corrected chi connectivity index (χ4v) is 2.51. The average Bonchev–Trinajstić information content (AvgIpc) is 2.56. The van der Waals surface area contributed by atoms with Gasteiger partial charge in [0.1, 0.15) is 11.6 Å². The van der Waals surface area contributed by atoms with Crippen LogP contribution >= 0.6 is 0 Å². The highest BCUT2D eigenvalue weighted by Crippen LogP contribution is 2.21. The third-order valence-electron chi connectivity index (χ3n) is 3.80. The van der Waals surface area contributed by atoms with Gasteiger partial charge in [0.25, 0.3) is 0 Å². The van der Waals surface area contributed by atoms with Gasteiger partial charge in [-0.15, -0.1) is 0 Å². The molecule has 6 heteroatoms. The number of amides is 1. The lowest BCUT2D eigenvalue weighted by Gasteiger charge is -2.33. The molecule has 22 heavy (non-hydrogen) atoms. The number of piperazine rings is 1. The molecule has 0 atom stereocenters. The van der Waals surface area contributed by atoms with Crippen LogP contribution in [0.1, 0.15) is 0 Å². The number of carboxylic acid groups (broad SMARTS) is 1. The van der Waals surface area contributed by atoms with E-state index in [1.54, 1.807) is 18.3 Å². The maximum Gasteiger partial charge on any atom is 0.407 e. The van der Waals surface area contributed by atoms with Crippen molar-refractivity contribution in [3.8, 4) is 11.1 Å². The Balaban J connectivity index is 1.70. The molecule has 1 amide bonds. The van der Waals surface area contributed by atoms with E-state index in [1.807, 2.05) is 12.1 Å². The van der Waals surface area contributed by atoms with Gasteiger partial charge in [-0.1, -0.05) is 12.1 Å². The Morgan fingerprint density at radius 1 is 1.00 bits per heavy atom. The molecule has 1 aliphatic rings. The Bertz CT molecular complexity index is 650. The van der Waals surface area contributed by atoms with Crippen LogP contribution in [0.15, 0.2) is 42.6 Å². The molecule has 0 unspecified atom stereocenters. The van der Waals surface area contributed by atoms with Crippen LogP contribution in [-0.4, -0.2) is 47.3 Å². The second-order valence-electron chi connectivity index (χ2n) is 5.17. The molecule has 0 bridgehead atoms. The molecule has 0 spiro atoms. The smallest absolute Gasteiger partial charge is 0.407 e. The summed E-state index contributed by atoms with van der Waals surface area (Å²) in [6.45, 7) is 2.23. The predicted molar refractivity (Wildman–Crippen MR) is 81.4 cm³/mol. The molecule has 2 heterocycles. The van der Waals surface area contributed by atoms with E-state index in [4.69, 9.17) is 5.11 Å². The zero-order chi connectivity index (χ0) is 15.5. The molecule has 1 N–H and O–H groups in total. The lowest BCUT2D eigenvalue weighted by Crippen LogP contribution is -2.48. The minimum Gasteiger partial charge on any atom is -0.465 e. The first-order valence-corrected chi connectivity index (χ1v) is 7.08. The summed E-state index contributed by atoms with van der Waals surface area (Å²) in [6, 6.07) is 10.1. The van der Waals surface area contributed by atoms with Gasteiger partial charge in [-0.05, 0) is 29.8 Å². The summed E-state index contributed by atoms with van der Waals surface area (Å²) in [5.41, 5.74) is 1.84. The number of hydrogen-bond donors (Lipinski definition) is 1. The molecular weight excluding hydrogens is 285 g/mol. The Morgan fingerprint density at radius 3 is 2.18 bits per heavy atom. The van der Waals surface area contributed by atoms with Crippen LogP contribution in [0.2, 0.25) is 0 Å². The van der Waals surface area contributed by atoms with Gasteiger partial charge in [-0.2, -0.15) is 0 Å². The van der Waals surface area contributed by atoms with Gasteiger partial charge in [-0.3, -0.25) is 0 Å². The highest BCUT2D eigenvalue weighted by Gasteiger charge is 2.20. The van der Waals surface area contributed by atoms with Crippen molar-refractivity contribution in [3.05, 3.63) is 48.4 Å². The summed E-state index contributed by atoms with van der Waals surface area (Å²) >= 11 is 0. The van der Waals surface area contributed by atoms with Crippen molar-refractivity contribution < 1.29 is 14.3 Å². The highest BCUT2D eigenvalue weighted by atomic mass is 19.1. The van der Waals surface area contributed by atoms with E-state index < -0.39 is 6.09 Å². The molecule has 114 valence electrons. The van der Waals surface area contributed by atoms with Crippen LogP contribution < -0.4 is 4.90 Å². The van der Waals surface area contributed by atoms with E-state index in [2.05, 4.69) is 9.88 Å². The van der Waals surface area contributed by atoms with E-state index in [-0.39, 0.29) is 5.82 Å². The summed E-state index contributed by atoms with van der Waals surface area (Å²) in [7, 11) is 0. The van der Waals surface area contributed by atoms with Gasteiger partial charge >= 0.3 is 6.09 Å². The maximum atomic E-state index is 12.9. The Kier molecular flexibility index (Phi) is 3.91. The largest absolute Gasteiger partial charge is 0.465 e. The Labute approximate surface area is 127 Å². The minimum absolute atomic E-state index is 0.260. The van der Waals surface area contributed by atoms with Gasteiger partial charge in [0.2, 0.25) is 0 Å². The quantitative estimate of drug-likeness (QED) is 0.926. The number of hydrogen-bond acceptors (Lipinski definition) is 3. The maximum absolute atomic E-state index is 12.9. The van der Waals surface area contributed by atoms with Crippen LogP contribution in [0.4, 0.5) is 15.0 Å². The molecule has 1 aliphatic heterocycles. The summed E-state index contributed by atoms with van der Waals surface area (Å²) in [5, 5.41) is 8.94. The van der Waals surface area contributed by atoms with Crippen LogP contribution in [0.5, 0.6) is 0 Å². The number of pyridine rings is 1. The van der Waals surface area contributed by atoms with E-state index in [0.29, 0.717) is 26.2 Å². The van der Waals surface area contributed by atoms with Crippen molar-refractivity contribution in [2.24, 2.45) is 0 Å². The second kappa shape index (κ2) is 6.01. The third-order valence-corrected chi connectivity index (χ3v) is 3.80. The van der Waals surface area contributed by atoms with Crippen LogP contribution in [-0.2, 0) is 0 Å². The number of aromatic nitrogens is 1. The summed E-state index contributed by atoms with van der Waals surface area (Å²) < 4.78 is 12.9. The molecule has 3 rings (SSSR count). The monoisotopic (exact) mass is 301 g/mol. The molecule has 0 saturated carbocycles. The molecule has 0 radical (unpaired) electrons. The van der Waals surface area contributed by atoms with Gasteiger partial charge in [0, 0.05) is 37.9 Å². The van der Waals surface area contributed by atoms with E-state index in [1.165, 1.54) is 17.0 Å². The molecule has 1 fully saturated rings. The zero-order valence-electron chi connectivity index (χ0n) is 11.9. The fourth-order valence-electron chi connectivity index (χ4n) is 2.51. The molecule has 2 aromatic rings. The van der Waals surface area contributed by atoms with Crippen molar-refractivity contribution in [2.75, 3.05) is 31.1 Å².